The van der Waals surface area contributed by atoms with Crippen LogP contribution in [0.2, 0.25) is 0 Å². The number of aromatic nitrogens is 2. The molecule has 3 rings (SSSR count). The van der Waals surface area contributed by atoms with Crippen LogP contribution in [-0.4, -0.2) is 33.7 Å². The molecule has 4 heteroatoms. The zero-order chi connectivity index (χ0) is 15.7. The quantitative estimate of drug-likeness (QED) is 0.846. The van der Waals surface area contributed by atoms with E-state index in [1.54, 1.807) is 0 Å². The van der Waals surface area contributed by atoms with Crippen molar-refractivity contribution in [3.63, 3.8) is 0 Å². The van der Waals surface area contributed by atoms with Crippen LogP contribution < -0.4 is 0 Å². The maximum Gasteiger partial charge on any atom is 0.274 e. The molecule has 0 saturated heterocycles. The van der Waals surface area contributed by atoms with Crippen molar-refractivity contribution in [2.45, 2.75) is 39.5 Å². The minimum absolute atomic E-state index is 0.0262. The van der Waals surface area contributed by atoms with Gasteiger partial charge in [-0.25, -0.2) is 4.68 Å². The first kappa shape index (κ1) is 14.8. The molecule has 1 amide bonds. The Hall–Kier alpha value is -2.10. The molecule has 0 unspecified atom stereocenters. The van der Waals surface area contributed by atoms with Crippen LogP contribution >= 0.6 is 0 Å². The van der Waals surface area contributed by atoms with E-state index in [4.69, 9.17) is 0 Å². The van der Waals surface area contributed by atoms with Crippen LogP contribution in [0.4, 0.5) is 0 Å². The monoisotopic (exact) mass is 297 g/mol. The fourth-order valence-electron chi connectivity index (χ4n) is 2.81. The van der Waals surface area contributed by atoms with Crippen LogP contribution in [0.5, 0.6) is 0 Å². The summed E-state index contributed by atoms with van der Waals surface area (Å²) in [4.78, 5) is 14.4. The second-order valence-corrected chi connectivity index (χ2v) is 5.96. The molecule has 116 valence electrons. The van der Waals surface area contributed by atoms with E-state index in [1.165, 1.54) is 24.1 Å². The molecule has 1 aromatic heterocycles. The molecule has 0 atom stereocenters. The lowest BCUT2D eigenvalue weighted by Gasteiger charge is -2.16. The Labute approximate surface area is 131 Å². The lowest BCUT2D eigenvalue weighted by atomic mass is 10.2. The second kappa shape index (κ2) is 5.95. The van der Waals surface area contributed by atoms with Gasteiger partial charge < -0.3 is 4.90 Å². The molecule has 0 bridgehead atoms. The van der Waals surface area contributed by atoms with Crippen LogP contribution in [0.1, 0.15) is 54.4 Å². The van der Waals surface area contributed by atoms with E-state index in [0.717, 1.165) is 5.69 Å². The third-order valence-corrected chi connectivity index (χ3v) is 4.25. The molecule has 1 aliphatic rings. The zero-order valence-electron chi connectivity index (χ0n) is 13.5. The van der Waals surface area contributed by atoms with Crippen molar-refractivity contribution in [1.82, 2.24) is 14.7 Å². The van der Waals surface area contributed by atoms with Crippen molar-refractivity contribution in [3.8, 4) is 5.69 Å². The minimum atomic E-state index is 0.0262. The van der Waals surface area contributed by atoms with E-state index in [1.807, 2.05) is 35.6 Å². The number of amides is 1. The van der Waals surface area contributed by atoms with Crippen molar-refractivity contribution in [2.75, 3.05) is 13.1 Å². The first-order valence-corrected chi connectivity index (χ1v) is 8.10. The Balaban J connectivity index is 2.01. The van der Waals surface area contributed by atoms with Gasteiger partial charge in [-0.3, -0.25) is 4.79 Å². The van der Waals surface area contributed by atoms with Gasteiger partial charge in [0, 0.05) is 24.7 Å². The lowest BCUT2D eigenvalue weighted by Crippen LogP contribution is -2.30. The summed E-state index contributed by atoms with van der Waals surface area (Å²) in [6, 6.07) is 10.3. The van der Waals surface area contributed by atoms with E-state index in [2.05, 4.69) is 30.2 Å². The highest BCUT2D eigenvalue weighted by Crippen LogP contribution is 2.41. The van der Waals surface area contributed by atoms with Gasteiger partial charge in [0.15, 0.2) is 5.69 Å². The largest absolute Gasteiger partial charge is 0.338 e. The summed E-state index contributed by atoms with van der Waals surface area (Å²) in [7, 11) is 0. The SMILES string of the molecule is CCN(CC)C(=O)c1cc(C2CC2)n(-c2cccc(C)c2)n1. The average Bonchev–Trinajstić information content (AvgIpc) is 3.27. The van der Waals surface area contributed by atoms with Gasteiger partial charge in [0.2, 0.25) is 0 Å². The maximum absolute atomic E-state index is 12.6. The third kappa shape index (κ3) is 2.78. The second-order valence-electron chi connectivity index (χ2n) is 5.96. The first-order valence-electron chi connectivity index (χ1n) is 8.10. The summed E-state index contributed by atoms with van der Waals surface area (Å²) in [6.07, 6.45) is 2.38. The number of hydrogen-bond donors (Lipinski definition) is 0. The number of nitrogens with zero attached hydrogens (tertiary/aromatic N) is 3. The molecule has 0 N–H and O–H groups in total. The maximum atomic E-state index is 12.6. The van der Waals surface area contributed by atoms with Gasteiger partial charge in [-0.1, -0.05) is 12.1 Å². The first-order chi connectivity index (χ1) is 10.6. The van der Waals surface area contributed by atoms with Gasteiger partial charge in [-0.2, -0.15) is 5.10 Å². The summed E-state index contributed by atoms with van der Waals surface area (Å²) in [5, 5.41) is 4.62. The number of rotatable bonds is 5. The fraction of sp³-hybridized carbons (Fsp3) is 0.444. The van der Waals surface area contributed by atoms with Crippen molar-refractivity contribution < 1.29 is 4.79 Å². The summed E-state index contributed by atoms with van der Waals surface area (Å²) in [5.41, 5.74) is 3.97. The fourth-order valence-corrected chi connectivity index (χ4v) is 2.81. The Kier molecular flexibility index (Phi) is 4.01. The van der Waals surface area contributed by atoms with Gasteiger partial charge in [-0.15, -0.1) is 0 Å². The molecule has 1 aromatic carbocycles. The highest BCUT2D eigenvalue weighted by molar-refractivity contribution is 5.92. The predicted octanol–water partition coefficient (Wildman–Crippen LogP) is 3.54. The smallest absolute Gasteiger partial charge is 0.274 e. The van der Waals surface area contributed by atoms with E-state index in [-0.39, 0.29) is 5.91 Å². The van der Waals surface area contributed by atoms with Gasteiger partial charge in [0.05, 0.1) is 5.69 Å². The molecular formula is C18H23N3O. The molecule has 0 radical (unpaired) electrons. The molecule has 0 spiro atoms. The molecule has 1 heterocycles. The van der Waals surface area contributed by atoms with Crippen molar-refractivity contribution in [3.05, 3.63) is 47.3 Å². The number of hydrogen-bond acceptors (Lipinski definition) is 2. The topological polar surface area (TPSA) is 38.1 Å². The van der Waals surface area contributed by atoms with E-state index < -0.39 is 0 Å². The third-order valence-electron chi connectivity index (χ3n) is 4.25. The molecule has 2 aromatic rings. The van der Waals surface area contributed by atoms with Crippen LogP contribution in [0, 0.1) is 6.92 Å². The van der Waals surface area contributed by atoms with E-state index in [9.17, 15) is 4.79 Å². The van der Waals surface area contributed by atoms with Crippen molar-refractivity contribution >= 4 is 5.91 Å². The van der Waals surface area contributed by atoms with E-state index >= 15 is 0 Å². The summed E-state index contributed by atoms with van der Waals surface area (Å²) in [5.74, 6) is 0.574. The Morgan fingerprint density at radius 2 is 2.00 bits per heavy atom. The highest BCUT2D eigenvalue weighted by atomic mass is 16.2. The van der Waals surface area contributed by atoms with Gasteiger partial charge in [0.25, 0.3) is 5.91 Å². The highest BCUT2D eigenvalue weighted by Gasteiger charge is 2.30. The molecule has 4 nitrogen and oxygen atoms in total. The number of carbonyl (C=O) groups is 1. The standard InChI is InChI=1S/C18H23N3O/c1-4-20(5-2)18(22)16-12-17(14-9-10-14)21(19-16)15-8-6-7-13(3)11-15/h6-8,11-12,14H,4-5,9-10H2,1-3H3. The summed E-state index contributed by atoms with van der Waals surface area (Å²) < 4.78 is 1.96. The molecule has 1 fully saturated rings. The summed E-state index contributed by atoms with van der Waals surface area (Å²) >= 11 is 0. The predicted molar refractivity (Wildman–Crippen MR) is 87.5 cm³/mol. The average molecular weight is 297 g/mol. The van der Waals surface area contributed by atoms with Gasteiger partial charge in [0.1, 0.15) is 0 Å². The number of benzene rings is 1. The minimum Gasteiger partial charge on any atom is -0.338 e. The van der Waals surface area contributed by atoms with Crippen LogP contribution in [0.3, 0.4) is 0 Å². The van der Waals surface area contributed by atoms with Crippen molar-refractivity contribution in [2.24, 2.45) is 0 Å². The Bertz CT molecular complexity index is 681. The van der Waals surface area contributed by atoms with Gasteiger partial charge >= 0.3 is 0 Å². The lowest BCUT2D eigenvalue weighted by molar-refractivity contribution is 0.0766. The van der Waals surface area contributed by atoms with E-state index in [0.29, 0.717) is 24.7 Å². The number of aryl methyl sites for hydroxylation is 1. The van der Waals surface area contributed by atoms with Crippen LogP contribution in [-0.2, 0) is 0 Å². The van der Waals surface area contributed by atoms with Crippen LogP contribution in [0.15, 0.2) is 30.3 Å². The van der Waals surface area contributed by atoms with Crippen molar-refractivity contribution in [1.29, 1.82) is 0 Å². The van der Waals surface area contributed by atoms with Gasteiger partial charge in [-0.05, 0) is 57.4 Å². The molecule has 1 saturated carbocycles. The zero-order valence-corrected chi connectivity index (χ0v) is 13.5. The number of carbonyl (C=O) groups excluding carboxylic acids is 1. The molecular weight excluding hydrogens is 274 g/mol. The molecule has 22 heavy (non-hydrogen) atoms. The summed E-state index contributed by atoms with van der Waals surface area (Å²) in [6.45, 7) is 7.50. The normalized spacial score (nSPS) is 14.1. The Morgan fingerprint density at radius 3 is 2.59 bits per heavy atom. The molecule has 1 aliphatic carbocycles. The van der Waals surface area contributed by atoms with Crippen LogP contribution in [0.25, 0.3) is 5.69 Å². The molecule has 0 aliphatic heterocycles. The Morgan fingerprint density at radius 1 is 1.27 bits per heavy atom.